The third kappa shape index (κ3) is 5.59. The first kappa shape index (κ1) is 31.3. The van der Waals surface area contributed by atoms with Crippen molar-refractivity contribution in [1.82, 2.24) is 0 Å². The summed E-state index contributed by atoms with van der Waals surface area (Å²) in [5, 5.41) is 41.2. The molecule has 0 bridgehead atoms. The lowest BCUT2D eigenvalue weighted by molar-refractivity contribution is -0.277. The van der Waals surface area contributed by atoms with Crippen LogP contribution in [-0.2, 0) is 9.47 Å². The van der Waals surface area contributed by atoms with Gasteiger partial charge in [-0.15, -0.1) is 12.6 Å². The van der Waals surface area contributed by atoms with Crippen molar-refractivity contribution in [2.75, 3.05) is 0 Å². The summed E-state index contributed by atoms with van der Waals surface area (Å²) in [5.74, 6) is 4.81. The standard InChI is InChI=1S/C33H56O6S/c1-18(2)7-6-8-19(3)23-11-12-24-22-10-9-20-17-21(13-15-32(20,4)25(22)14-16-33(23,24)5)38-30(37)29-27(35)26(34)28(36)31(40)39-29/h9,18-19,21-31,34-37,40H,6-8,10-17H2,1-5H3/t19-,21+,22+,23-,24+,25+,26+,27-,28-,29+,30?,31+,32+,33-/m1/s1. The first-order valence-electron chi connectivity index (χ1n) is 16.3. The largest absolute Gasteiger partial charge is 0.387 e. The Morgan fingerprint density at radius 3 is 2.45 bits per heavy atom. The number of fused-ring (bicyclic) bond motifs is 5. The molecule has 7 heteroatoms. The van der Waals surface area contributed by atoms with Gasteiger partial charge in [-0.05, 0) is 97.7 Å². The number of aliphatic hydroxyl groups excluding tert-OH is 4. The third-order valence-electron chi connectivity index (χ3n) is 12.5. The second-order valence-corrected chi connectivity index (χ2v) is 15.7. The van der Waals surface area contributed by atoms with Crippen LogP contribution in [0.2, 0.25) is 0 Å². The minimum absolute atomic E-state index is 0.166. The third-order valence-corrected chi connectivity index (χ3v) is 12.9. The second-order valence-electron chi connectivity index (χ2n) is 15.1. The van der Waals surface area contributed by atoms with Crippen LogP contribution >= 0.6 is 12.6 Å². The molecule has 230 valence electrons. The first-order valence-corrected chi connectivity index (χ1v) is 16.8. The van der Waals surface area contributed by atoms with Crippen molar-refractivity contribution in [1.29, 1.82) is 0 Å². The van der Waals surface area contributed by atoms with E-state index in [1.807, 2.05) is 0 Å². The molecule has 4 N–H and O–H groups in total. The zero-order chi connectivity index (χ0) is 29.0. The molecular formula is C33H56O6S. The van der Waals surface area contributed by atoms with Crippen molar-refractivity contribution < 1.29 is 29.9 Å². The van der Waals surface area contributed by atoms with Crippen molar-refractivity contribution in [3.8, 4) is 0 Å². The van der Waals surface area contributed by atoms with Crippen LogP contribution < -0.4 is 0 Å². The predicted octanol–water partition coefficient (Wildman–Crippen LogP) is 5.47. The van der Waals surface area contributed by atoms with E-state index in [0.29, 0.717) is 5.41 Å². The quantitative estimate of drug-likeness (QED) is 0.148. The Morgan fingerprint density at radius 2 is 1.73 bits per heavy atom. The van der Waals surface area contributed by atoms with Crippen molar-refractivity contribution in [3.63, 3.8) is 0 Å². The zero-order valence-electron chi connectivity index (χ0n) is 25.4. The van der Waals surface area contributed by atoms with Gasteiger partial charge in [0.1, 0.15) is 29.9 Å². The summed E-state index contributed by atoms with van der Waals surface area (Å²) < 4.78 is 11.5. The van der Waals surface area contributed by atoms with E-state index in [0.717, 1.165) is 61.2 Å². The van der Waals surface area contributed by atoms with E-state index in [-0.39, 0.29) is 11.5 Å². The highest BCUT2D eigenvalue weighted by atomic mass is 32.1. The van der Waals surface area contributed by atoms with E-state index in [2.05, 4.69) is 53.3 Å². The molecule has 6 nitrogen and oxygen atoms in total. The van der Waals surface area contributed by atoms with Gasteiger partial charge < -0.3 is 29.9 Å². The Kier molecular flexibility index (Phi) is 9.45. The zero-order valence-corrected chi connectivity index (χ0v) is 26.3. The first-order chi connectivity index (χ1) is 18.9. The number of thiol groups is 1. The monoisotopic (exact) mass is 580 g/mol. The molecule has 14 atom stereocenters. The Morgan fingerprint density at radius 1 is 0.975 bits per heavy atom. The molecule has 0 amide bonds. The van der Waals surface area contributed by atoms with Crippen LogP contribution in [0.5, 0.6) is 0 Å². The molecule has 5 aliphatic rings. The average molecular weight is 581 g/mol. The minimum Gasteiger partial charge on any atom is -0.387 e. The normalized spacial score (nSPS) is 48.6. The minimum atomic E-state index is -1.44. The lowest BCUT2D eigenvalue weighted by atomic mass is 9.47. The number of hydrogen-bond donors (Lipinski definition) is 5. The van der Waals surface area contributed by atoms with E-state index >= 15 is 0 Å². The van der Waals surface area contributed by atoms with Gasteiger partial charge in [0.2, 0.25) is 0 Å². The van der Waals surface area contributed by atoms with Gasteiger partial charge in [0.25, 0.3) is 0 Å². The van der Waals surface area contributed by atoms with Gasteiger partial charge >= 0.3 is 0 Å². The molecule has 3 saturated carbocycles. The van der Waals surface area contributed by atoms with E-state index in [1.54, 1.807) is 0 Å². The fourth-order valence-corrected chi connectivity index (χ4v) is 10.5. The number of ether oxygens (including phenoxy) is 2. The predicted molar refractivity (Wildman–Crippen MR) is 160 cm³/mol. The van der Waals surface area contributed by atoms with Crippen LogP contribution in [0.15, 0.2) is 11.6 Å². The summed E-state index contributed by atoms with van der Waals surface area (Å²) in [6.45, 7) is 12.4. The topological polar surface area (TPSA) is 99.4 Å². The van der Waals surface area contributed by atoms with Crippen molar-refractivity contribution in [2.24, 2.45) is 46.3 Å². The van der Waals surface area contributed by atoms with E-state index in [1.165, 1.54) is 50.5 Å². The highest BCUT2D eigenvalue weighted by Crippen LogP contribution is 2.67. The summed E-state index contributed by atoms with van der Waals surface area (Å²) in [6.07, 6.45) is 9.01. The van der Waals surface area contributed by atoms with Crippen molar-refractivity contribution >= 4 is 12.6 Å². The number of aliphatic hydroxyl groups is 4. The molecule has 5 rings (SSSR count). The molecule has 1 aliphatic heterocycles. The summed E-state index contributed by atoms with van der Waals surface area (Å²) in [7, 11) is 0. The fourth-order valence-electron chi connectivity index (χ4n) is 10.2. The molecule has 1 saturated heterocycles. The lowest BCUT2D eigenvalue weighted by Gasteiger charge is -2.58. The summed E-state index contributed by atoms with van der Waals surface area (Å²) in [5.41, 5.74) is 1.15. The van der Waals surface area contributed by atoms with Crippen LogP contribution in [0, 0.1) is 46.3 Å². The maximum absolute atomic E-state index is 10.8. The highest BCUT2D eigenvalue weighted by Gasteiger charge is 2.59. The molecule has 1 heterocycles. The maximum Gasteiger partial charge on any atom is 0.184 e. The molecular weight excluding hydrogens is 524 g/mol. The van der Waals surface area contributed by atoms with E-state index < -0.39 is 36.1 Å². The number of allylic oxidation sites excluding steroid dienone is 1. The molecule has 0 spiro atoms. The van der Waals surface area contributed by atoms with Gasteiger partial charge in [0.15, 0.2) is 6.29 Å². The van der Waals surface area contributed by atoms with Gasteiger partial charge in [-0.2, -0.15) is 0 Å². The van der Waals surface area contributed by atoms with Crippen LogP contribution in [-0.4, -0.2) is 62.7 Å². The molecule has 0 radical (unpaired) electrons. The van der Waals surface area contributed by atoms with Crippen LogP contribution in [0.1, 0.15) is 105 Å². The van der Waals surface area contributed by atoms with E-state index in [4.69, 9.17) is 9.47 Å². The SMILES string of the molecule is CC(C)CCC[C@@H](C)[C@H]1CC[C@H]2[C@@H]3CC=C4C[C@@H](OC(O)[C@H]5O[C@@H](S)[C@H](O)[C@@H](O)[C@H]5O)CC[C@]4(C)[C@H]3CC[C@]12C. The van der Waals surface area contributed by atoms with Crippen LogP contribution in [0.4, 0.5) is 0 Å². The van der Waals surface area contributed by atoms with Crippen LogP contribution in [0.25, 0.3) is 0 Å². The molecule has 4 aliphatic carbocycles. The molecule has 0 aromatic rings. The van der Waals surface area contributed by atoms with Gasteiger partial charge in [-0.1, -0.05) is 65.5 Å². The molecule has 40 heavy (non-hydrogen) atoms. The van der Waals surface area contributed by atoms with Crippen LogP contribution in [0.3, 0.4) is 0 Å². The lowest BCUT2D eigenvalue weighted by Crippen LogP contribution is -2.60. The number of hydrogen-bond acceptors (Lipinski definition) is 7. The van der Waals surface area contributed by atoms with Crippen molar-refractivity contribution in [2.45, 2.75) is 147 Å². The molecule has 1 unspecified atom stereocenters. The van der Waals surface area contributed by atoms with Gasteiger partial charge in [-0.25, -0.2) is 0 Å². The summed E-state index contributed by atoms with van der Waals surface area (Å²) >= 11 is 4.14. The molecule has 0 aromatic heterocycles. The van der Waals surface area contributed by atoms with Crippen molar-refractivity contribution in [3.05, 3.63) is 11.6 Å². The van der Waals surface area contributed by atoms with Gasteiger partial charge in [-0.3, -0.25) is 0 Å². The second kappa shape index (κ2) is 12.1. The number of rotatable bonds is 8. The average Bonchev–Trinajstić information content (AvgIpc) is 3.26. The molecule has 0 aromatic carbocycles. The highest BCUT2D eigenvalue weighted by molar-refractivity contribution is 7.80. The fraction of sp³-hybridized carbons (Fsp3) is 0.939. The summed E-state index contributed by atoms with van der Waals surface area (Å²) in [4.78, 5) is 0. The Labute approximate surface area is 247 Å². The Balaban J connectivity index is 1.22. The van der Waals surface area contributed by atoms with E-state index in [9.17, 15) is 20.4 Å². The Hall–Kier alpha value is -0.150. The smallest absolute Gasteiger partial charge is 0.184 e. The maximum atomic E-state index is 10.8. The summed E-state index contributed by atoms with van der Waals surface area (Å²) in [6, 6.07) is 0. The van der Waals surface area contributed by atoms with Gasteiger partial charge in [0.05, 0.1) is 6.10 Å². The Bertz CT molecular complexity index is 911. The molecule has 4 fully saturated rings. The van der Waals surface area contributed by atoms with Gasteiger partial charge in [0, 0.05) is 0 Å².